The zero-order chi connectivity index (χ0) is 11.7. The molecule has 0 atom stereocenters. The molecule has 0 aliphatic heterocycles. The summed E-state index contributed by atoms with van der Waals surface area (Å²) in [6.45, 7) is 8.52. The molecule has 2 aromatic rings. The number of rotatable bonds is 0. The molecule has 0 spiro atoms. The number of aryl methyl sites for hydroxylation is 4. The Labute approximate surface area is 105 Å². The predicted molar refractivity (Wildman–Crippen MR) is 73.6 cm³/mol. The molecule has 0 saturated heterocycles. The summed E-state index contributed by atoms with van der Waals surface area (Å²) in [5, 5.41) is 0. The van der Waals surface area contributed by atoms with Gasteiger partial charge in [-0.25, -0.2) is 0 Å². The first-order valence-corrected chi connectivity index (χ1v) is 6.85. The zero-order valence-electron chi connectivity index (χ0n) is 9.97. The quantitative estimate of drug-likeness (QED) is 0.603. The van der Waals surface area contributed by atoms with Crippen LogP contribution in [0.15, 0.2) is 12.1 Å². The second-order valence-corrected chi connectivity index (χ2v) is 6.82. The van der Waals surface area contributed by atoms with Crippen molar-refractivity contribution < 1.29 is 0 Å². The molecule has 0 aliphatic rings. The first-order chi connectivity index (χ1) is 7.56. The molecule has 0 fully saturated rings. The van der Waals surface area contributed by atoms with Crippen LogP contribution in [0.4, 0.5) is 0 Å². The summed E-state index contributed by atoms with van der Waals surface area (Å²) in [6.07, 6.45) is 0. The molecule has 2 heteroatoms. The minimum absolute atomic E-state index is 1.17. The van der Waals surface area contributed by atoms with Gasteiger partial charge in [-0.2, -0.15) is 0 Å². The second-order valence-electron chi connectivity index (χ2n) is 3.90. The molecule has 0 amide bonds. The van der Waals surface area contributed by atoms with Crippen LogP contribution >= 0.6 is 22.7 Å². The van der Waals surface area contributed by atoms with Gasteiger partial charge in [-0.15, -0.1) is 22.7 Å². The molecule has 0 N–H and O–H groups in total. The largest absolute Gasteiger partial charge is 0.145 e. The van der Waals surface area contributed by atoms with Crippen LogP contribution in [0, 0.1) is 39.5 Å². The first-order valence-electron chi connectivity index (χ1n) is 5.22. The van der Waals surface area contributed by atoms with E-state index in [0.29, 0.717) is 0 Å². The van der Waals surface area contributed by atoms with Gasteiger partial charge in [0.15, 0.2) is 0 Å². The van der Waals surface area contributed by atoms with Crippen LogP contribution < -0.4 is 0 Å². The van der Waals surface area contributed by atoms with E-state index in [0.717, 1.165) is 0 Å². The molecule has 2 aromatic heterocycles. The van der Waals surface area contributed by atoms with Crippen LogP contribution in [0.3, 0.4) is 0 Å². The third kappa shape index (κ3) is 2.37. The van der Waals surface area contributed by atoms with E-state index in [1.807, 2.05) is 22.7 Å². The Balaban J connectivity index is 2.35. The van der Waals surface area contributed by atoms with Gasteiger partial charge < -0.3 is 0 Å². The third-order valence-electron chi connectivity index (χ3n) is 2.41. The highest BCUT2D eigenvalue weighted by atomic mass is 32.1. The predicted octanol–water partition coefficient (Wildman–Crippen LogP) is 4.44. The average molecular weight is 246 g/mol. The maximum absolute atomic E-state index is 3.27. The van der Waals surface area contributed by atoms with Crippen LogP contribution in [-0.2, 0) is 0 Å². The molecule has 16 heavy (non-hydrogen) atoms. The van der Waals surface area contributed by atoms with Gasteiger partial charge in [-0.1, -0.05) is 11.8 Å². The molecule has 0 bridgehead atoms. The third-order valence-corrected chi connectivity index (χ3v) is 4.35. The molecular formula is C14H14S2. The van der Waals surface area contributed by atoms with Crippen molar-refractivity contribution in [1.82, 2.24) is 0 Å². The second kappa shape index (κ2) is 4.45. The average Bonchev–Trinajstić information content (AvgIpc) is 2.66. The van der Waals surface area contributed by atoms with Crippen molar-refractivity contribution in [1.29, 1.82) is 0 Å². The summed E-state index contributed by atoms with van der Waals surface area (Å²) in [7, 11) is 0. The highest BCUT2D eigenvalue weighted by molar-refractivity contribution is 7.12. The normalized spacial score (nSPS) is 10.0. The van der Waals surface area contributed by atoms with E-state index in [9.17, 15) is 0 Å². The highest BCUT2D eigenvalue weighted by Crippen LogP contribution is 2.21. The van der Waals surface area contributed by atoms with E-state index in [-0.39, 0.29) is 0 Å². The molecule has 0 unspecified atom stereocenters. The molecule has 2 rings (SSSR count). The van der Waals surface area contributed by atoms with Gasteiger partial charge in [0.2, 0.25) is 0 Å². The van der Waals surface area contributed by atoms with E-state index in [2.05, 4.69) is 51.7 Å². The van der Waals surface area contributed by atoms with E-state index in [1.165, 1.54) is 30.6 Å². The minimum Gasteiger partial charge on any atom is -0.145 e. The van der Waals surface area contributed by atoms with E-state index in [4.69, 9.17) is 0 Å². The lowest BCUT2D eigenvalue weighted by Gasteiger charge is -1.86. The van der Waals surface area contributed by atoms with E-state index < -0.39 is 0 Å². The van der Waals surface area contributed by atoms with Crippen LogP contribution in [-0.4, -0.2) is 0 Å². The number of hydrogen-bond donors (Lipinski definition) is 0. The smallest absolute Gasteiger partial charge is 0.0388 e. The van der Waals surface area contributed by atoms with Crippen molar-refractivity contribution in [2.75, 3.05) is 0 Å². The summed E-state index contributed by atoms with van der Waals surface area (Å²) >= 11 is 3.63. The van der Waals surface area contributed by atoms with E-state index >= 15 is 0 Å². The Morgan fingerprint density at radius 2 is 1.12 bits per heavy atom. The molecule has 0 nitrogen and oxygen atoms in total. The molecule has 2 heterocycles. The van der Waals surface area contributed by atoms with E-state index in [1.54, 1.807) is 0 Å². The van der Waals surface area contributed by atoms with Crippen molar-refractivity contribution in [3.63, 3.8) is 0 Å². The Morgan fingerprint density at radius 1 is 0.750 bits per heavy atom. The topological polar surface area (TPSA) is 0 Å². The Kier molecular flexibility index (Phi) is 3.18. The zero-order valence-corrected chi connectivity index (χ0v) is 11.6. The van der Waals surface area contributed by atoms with Crippen molar-refractivity contribution in [2.24, 2.45) is 0 Å². The van der Waals surface area contributed by atoms with Crippen molar-refractivity contribution >= 4 is 22.7 Å². The molecule has 0 radical (unpaired) electrons. The lowest BCUT2D eigenvalue weighted by molar-refractivity contribution is 1.54. The summed E-state index contributed by atoms with van der Waals surface area (Å²) in [6, 6.07) is 4.34. The first kappa shape index (κ1) is 11.4. The maximum Gasteiger partial charge on any atom is 0.0388 e. The van der Waals surface area contributed by atoms with Gasteiger partial charge >= 0.3 is 0 Å². The van der Waals surface area contributed by atoms with Crippen LogP contribution in [0.2, 0.25) is 0 Å². The fourth-order valence-electron chi connectivity index (χ4n) is 1.64. The molecule has 0 aliphatic carbocycles. The molecule has 0 aromatic carbocycles. The van der Waals surface area contributed by atoms with Crippen LogP contribution in [0.5, 0.6) is 0 Å². The van der Waals surface area contributed by atoms with Gasteiger partial charge in [-0.3, -0.25) is 0 Å². The molecule has 0 saturated carbocycles. The Bertz CT molecular complexity index is 523. The standard InChI is InChI=1S/C14H14S2/c1-9-7-13(11(3)15-9)5-6-14-8-10(2)16-12(14)4/h7-8H,1-4H3. The Morgan fingerprint density at radius 3 is 1.38 bits per heavy atom. The SMILES string of the molecule is Cc1cc(C#Cc2cc(C)sc2C)c(C)s1. The lowest BCUT2D eigenvalue weighted by Crippen LogP contribution is -1.74. The molecular weight excluding hydrogens is 232 g/mol. The fourth-order valence-corrected chi connectivity index (χ4v) is 3.40. The van der Waals surface area contributed by atoms with Crippen LogP contribution in [0.1, 0.15) is 30.6 Å². The van der Waals surface area contributed by atoms with Crippen LogP contribution in [0.25, 0.3) is 0 Å². The van der Waals surface area contributed by atoms with Gasteiger partial charge in [0.1, 0.15) is 0 Å². The van der Waals surface area contributed by atoms with Crippen molar-refractivity contribution in [2.45, 2.75) is 27.7 Å². The van der Waals surface area contributed by atoms with Crippen molar-refractivity contribution in [3.8, 4) is 11.8 Å². The summed E-state index contributed by atoms with van der Waals surface area (Å²) < 4.78 is 0. The lowest BCUT2D eigenvalue weighted by atomic mass is 10.2. The molecule has 82 valence electrons. The minimum atomic E-state index is 1.17. The highest BCUT2D eigenvalue weighted by Gasteiger charge is 2.01. The summed E-state index contributed by atoms with van der Waals surface area (Å²) in [5.74, 6) is 6.54. The van der Waals surface area contributed by atoms with Gasteiger partial charge in [0.25, 0.3) is 0 Å². The fraction of sp³-hybridized carbons (Fsp3) is 0.286. The van der Waals surface area contributed by atoms with Crippen molar-refractivity contribution in [3.05, 3.63) is 42.8 Å². The van der Waals surface area contributed by atoms with Gasteiger partial charge in [0.05, 0.1) is 0 Å². The Hall–Kier alpha value is -1.04. The monoisotopic (exact) mass is 246 g/mol. The maximum atomic E-state index is 3.27. The summed E-state index contributed by atoms with van der Waals surface area (Å²) in [4.78, 5) is 5.30. The van der Waals surface area contributed by atoms with Gasteiger partial charge in [-0.05, 0) is 39.8 Å². The number of hydrogen-bond acceptors (Lipinski definition) is 2. The summed E-state index contributed by atoms with van der Waals surface area (Å²) in [5.41, 5.74) is 2.34. The number of thiophene rings is 2. The van der Waals surface area contributed by atoms with Gasteiger partial charge in [0, 0.05) is 30.6 Å².